The summed E-state index contributed by atoms with van der Waals surface area (Å²) >= 11 is 0. The molecule has 1 aliphatic heterocycles. The summed E-state index contributed by atoms with van der Waals surface area (Å²) < 4.78 is 0. The highest BCUT2D eigenvalue weighted by atomic mass is 16.3. The average Bonchev–Trinajstić information content (AvgIpc) is 2.94. The van der Waals surface area contributed by atoms with Crippen molar-refractivity contribution in [1.29, 1.82) is 0 Å². The summed E-state index contributed by atoms with van der Waals surface area (Å²) in [6.45, 7) is 2.95. The maximum absolute atomic E-state index is 11.6. The highest BCUT2D eigenvalue weighted by molar-refractivity contribution is 5.81. The Hall–Kier alpha value is -0.610. The Labute approximate surface area is 90.9 Å². The van der Waals surface area contributed by atoms with Crippen molar-refractivity contribution in [1.82, 2.24) is 9.80 Å². The Morgan fingerprint density at radius 2 is 2.13 bits per heavy atom. The molecule has 2 rings (SSSR count). The number of aliphatic hydroxyl groups is 1. The molecule has 0 unspecified atom stereocenters. The molecule has 0 bridgehead atoms. The molecule has 15 heavy (non-hydrogen) atoms. The van der Waals surface area contributed by atoms with Gasteiger partial charge in [-0.05, 0) is 26.3 Å². The van der Waals surface area contributed by atoms with Gasteiger partial charge in [0.2, 0.25) is 5.91 Å². The molecule has 1 amide bonds. The molecule has 4 nitrogen and oxygen atoms in total. The normalized spacial score (nSPS) is 21.9. The topological polar surface area (TPSA) is 43.8 Å². The van der Waals surface area contributed by atoms with Gasteiger partial charge in [-0.25, -0.2) is 0 Å². The summed E-state index contributed by atoms with van der Waals surface area (Å²) in [6, 6.07) is 0.513. The third kappa shape index (κ3) is 2.49. The summed E-state index contributed by atoms with van der Waals surface area (Å²) in [5.41, 5.74) is 0. The van der Waals surface area contributed by atoms with Gasteiger partial charge in [0.05, 0.1) is 0 Å². The molecule has 4 heteroatoms. The van der Waals surface area contributed by atoms with E-state index in [9.17, 15) is 4.79 Å². The van der Waals surface area contributed by atoms with Crippen LogP contribution in [-0.2, 0) is 4.79 Å². The van der Waals surface area contributed by atoms with E-state index in [0.717, 1.165) is 38.9 Å². The van der Waals surface area contributed by atoms with E-state index in [4.69, 9.17) is 5.11 Å². The minimum Gasteiger partial charge on any atom is -0.396 e. The summed E-state index contributed by atoms with van der Waals surface area (Å²) in [7, 11) is 2.07. The molecule has 1 N–H and O–H groups in total. The van der Waals surface area contributed by atoms with Crippen LogP contribution >= 0.6 is 0 Å². The molecule has 0 radical (unpaired) electrons. The van der Waals surface area contributed by atoms with Crippen LogP contribution in [0.25, 0.3) is 0 Å². The van der Waals surface area contributed by atoms with Crippen molar-refractivity contribution < 1.29 is 9.90 Å². The van der Waals surface area contributed by atoms with Crippen LogP contribution < -0.4 is 0 Å². The molecule has 0 atom stereocenters. The van der Waals surface area contributed by atoms with Crippen molar-refractivity contribution in [3.05, 3.63) is 0 Å². The van der Waals surface area contributed by atoms with Crippen LogP contribution in [0.3, 0.4) is 0 Å². The third-order valence-corrected chi connectivity index (χ3v) is 3.39. The smallest absolute Gasteiger partial charge is 0.225 e. The number of hydrogen-bond acceptors (Lipinski definition) is 3. The standard InChI is InChI=1S/C11H20N2O2/c1-12(5-2-6-14)10-7-13(8-10)11(15)9-3-4-9/h9-10,14H,2-8H2,1H3. The maximum Gasteiger partial charge on any atom is 0.225 e. The number of hydrogen-bond donors (Lipinski definition) is 1. The Kier molecular flexibility index (Phi) is 3.26. The van der Waals surface area contributed by atoms with E-state index in [1.807, 2.05) is 4.90 Å². The maximum atomic E-state index is 11.6. The fourth-order valence-electron chi connectivity index (χ4n) is 2.01. The predicted octanol–water partition coefficient (Wildman–Crippen LogP) is -0.0786. The number of amides is 1. The average molecular weight is 212 g/mol. The fourth-order valence-corrected chi connectivity index (χ4v) is 2.01. The number of likely N-dealkylation sites (N-methyl/N-ethyl adjacent to an activating group) is 1. The van der Waals surface area contributed by atoms with Gasteiger partial charge in [0, 0.05) is 38.2 Å². The quantitative estimate of drug-likeness (QED) is 0.693. The molecule has 0 aromatic rings. The van der Waals surface area contributed by atoms with Crippen LogP contribution in [0.1, 0.15) is 19.3 Å². The van der Waals surface area contributed by atoms with Gasteiger partial charge in [-0.15, -0.1) is 0 Å². The molecule has 1 aliphatic carbocycles. The van der Waals surface area contributed by atoms with E-state index in [1.165, 1.54) is 0 Å². The van der Waals surface area contributed by atoms with Crippen molar-refractivity contribution in [2.45, 2.75) is 25.3 Å². The molecule has 0 aromatic heterocycles. The number of likely N-dealkylation sites (tertiary alicyclic amines) is 1. The number of aliphatic hydroxyl groups excluding tert-OH is 1. The Bertz CT molecular complexity index is 235. The Balaban J connectivity index is 1.65. The van der Waals surface area contributed by atoms with Crippen molar-refractivity contribution >= 4 is 5.91 Å². The second-order valence-corrected chi connectivity index (χ2v) is 4.73. The molecule has 1 saturated carbocycles. The lowest BCUT2D eigenvalue weighted by Gasteiger charge is -2.44. The molecule has 2 fully saturated rings. The first kappa shape index (κ1) is 10.9. The van der Waals surface area contributed by atoms with Crippen molar-refractivity contribution in [3.63, 3.8) is 0 Å². The third-order valence-electron chi connectivity index (χ3n) is 3.39. The van der Waals surface area contributed by atoms with Crippen LogP contribution in [0, 0.1) is 5.92 Å². The van der Waals surface area contributed by atoms with Crippen LogP contribution in [-0.4, -0.2) is 60.1 Å². The van der Waals surface area contributed by atoms with Gasteiger partial charge >= 0.3 is 0 Å². The van der Waals surface area contributed by atoms with Gasteiger partial charge in [0.25, 0.3) is 0 Å². The van der Waals surface area contributed by atoms with Gasteiger partial charge in [-0.2, -0.15) is 0 Å². The fraction of sp³-hybridized carbons (Fsp3) is 0.909. The lowest BCUT2D eigenvalue weighted by atomic mass is 10.1. The van der Waals surface area contributed by atoms with Gasteiger partial charge < -0.3 is 10.0 Å². The van der Waals surface area contributed by atoms with Gasteiger partial charge in [-0.3, -0.25) is 9.69 Å². The van der Waals surface area contributed by atoms with Crippen molar-refractivity contribution in [2.24, 2.45) is 5.92 Å². The first-order chi connectivity index (χ1) is 7.22. The van der Waals surface area contributed by atoms with Crippen molar-refractivity contribution in [3.8, 4) is 0 Å². The summed E-state index contributed by atoms with van der Waals surface area (Å²) in [5.74, 6) is 0.718. The Morgan fingerprint density at radius 3 is 2.67 bits per heavy atom. The monoisotopic (exact) mass is 212 g/mol. The first-order valence-corrected chi connectivity index (χ1v) is 5.82. The number of rotatable bonds is 5. The minimum atomic E-state index is 0.252. The zero-order valence-electron chi connectivity index (χ0n) is 9.35. The molecule has 1 heterocycles. The molecule has 0 aromatic carbocycles. The highest BCUT2D eigenvalue weighted by Gasteiger charge is 2.40. The van der Waals surface area contributed by atoms with Gasteiger partial charge in [-0.1, -0.05) is 0 Å². The van der Waals surface area contributed by atoms with E-state index in [-0.39, 0.29) is 6.61 Å². The van der Waals surface area contributed by atoms with Crippen LogP contribution in [0.2, 0.25) is 0 Å². The van der Waals surface area contributed by atoms with E-state index < -0.39 is 0 Å². The van der Waals surface area contributed by atoms with Crippen molar-refractivity contribution in [2.75, 3.05) is 33.3 Å². The molecular weight excluding hydrogens is 192 g/mol. The number of nitrogens with zero attached hydrogens (tertiary/aromatic N) is 2. The number of carbonyl (C=O) groups excluding carboxylic acids is 1. The molecular formula is C11H20N2O2. The Morgan fingerprint density at radius 1 is 1.47 bits per heavy atom. The van der Waals surface area contributed by atoms with E-state index >= 15 is 0 Å². The summed E-state index contributed by atoms with van der Waals surface area (Å²) in [4.78, 5) is 15.9. The van der Waals surface area contributed by atoms with E-state index in [0.29, 0.717) is 17.9 Å². The molecule has 1 saturated heterocycles. The second kappa shape index (κ2) is 4.49. The number of carbonyl (C=O) groups is 1. The largest absolute Gasteiger partial charge is 0.396 e. The predicted molar refractivity (Wildman–Crippen MR) is 57.4 cm³/mol. The van der Waals surface area contributed by atoms with Crippen LogP contribution in [0.5, 0.6) is 0 Å². The first-order valence-electron chi connectivity index (χ1n) is 5.82. The van der Waals surface area contributed by atoms with Crippen LogP contribution in [0.4, 0.5) is 0 Å². The molecule has 0 spiro atoms. The van der Waals surface area contributed by atoms with E-state index in [1.54, 1.807) is 0 Å². The highest BCUT2D eigenvalue weighted by Crippen LogP contribution is 2.32. The second-order valence-electron chi connectivity index (χ2n) is 4.73. The lowest BCUT2D eigenvalue weighted by molar-refractivity contribution is -0.139. The zero-order chi connectivity index (χ0) is 10.8. The molecule has 2 aliphatic rings. The van der Waals surface area contributed by atoms with Gasteiger partial charge in [0.1, 0.15) is 0 Å². The zero-order valence-corrected chi connectivity index (χ0v) is 9.35. The van der Waals surface area contributed by atoms with E-state index in [2.05, 4.69) is 11.9 Å². The van der Waals surface area contributed by atoms with Crippen LogP contribution in [0.15, 0.2) is 0 Å². The molecule has 86 valence electrons. The van der Waals surface area contributed by atoms with Gasteiger partial charge in [0.15, 0.2) is 0 Å². The SMILES string of the molecule is CN(CCCO)C1CN(C(=O)C2CC2)C1. The summed E-state index contributed by atoms with van der Waals surface area (Å²) in [6.07, 6.45) is 3.02. The lowest BCUT2D eigenvalue weighted by Crippen LogP contribution is -2.60. The minimum absolute atomic E-state index is 0.252. The summed E-state index contributed by atoms with van der Waals surface area (Å²) in [5, 5.41) is 8.72.